The van der Waals surface area contributed by atoms with Gasteiger partial charge in [0.1, 0.15) is 5.69 Å². The number of hydrogen-bond acceptors (Lipinski definition) is 5. The Hall–Kier alpha value is -3.06. The van der Waals surface area contributed by atoms with Crippen molar-refractivity contribution in [3.63, 3.8) is 0 Å². The van der Waals surface area contributed by atoms with Crippen molar-refractivity contribution in [2.45, 2.75) is 25.4 Å². The summed E-state index contributed by atoms with van der Waals surface area (Å²) in [6, 6.07) is 11.5. The highest BCUT2D eigenvalue weighted by molar-refractivity contribution is 5.94. The van der Waals surface area contributed by atoms with Crippen LogP contribution in [0.1, 0.15) is 34.1 Å². The Bertz CT molecular complexity index is 1190. The molecule has 154 valence electrons. The van der Waals surface area contributed by atoms with E-state index in [4.69, 9.17) is 0 Å². The molecule has 2 aliphatic rings. The van der Waals surface area contributed by atoms with Crippen molar-refractivity contribution in [1.29, 1.82) is 0 Å². The molecule has 2 bridgehead atoms. The molecule has 7 heteroatoms. The van der Waals surface area contributed by atoms with E-state index in [0.29, 0.717) is 37.5 Å². The SMILES string of the molecule is CN(C)Cc1ccc2n(c1=O)C[C@H]1C[C@@H]2CN(C(=O)c2ccc3cccnc3n2)C1. The number of fused-ring (bicyclic) bond motifs is 5. The van der Waals surface area contributed by atoms with Crippen molar-refractivity contribution in [2.24, 2.45) is 5.92 Å². The predicted octanol–water partition coefficient (Wildman–Crippen LogP) is 2.11. The van der Waals surface area contributed by atoms with E-state index >= 15 is 0 Å². The third-order valence-electron chi connectivity index (χ3n) is 6.14. The molecule has 3 aromatic heterocycles. The van der Waals surface area contributed by atoms with Gasteiger partial charge in [-0.3, -0.25) is 9.59 Å². The molecular formula is C23H25N5O2. The zero-order valence-corrected chi connectivity index (χ0v) is 17.3. The first-order chi connectivity index (χ1) is 14.5. The Morgan fingerprint density at radius 2 is 2.00 bits per heavy atom. The van der Waals surface area contributed by atoms with Gasteiger partial charge in [-0.25, -0.2) is 9.97 Å². The van der Waals surface area contributed by atoms with Gasteiger partial charge in [0, 0.05) is 54.9 Å². The summed E-state index contributed by atoms with van der Waals surface area (Å²) in [6.07, 6.45) is 2.71. The molecule has 3 aromatic rings. The maximum Gasteiger partial charge on any atom is 0.272 e. The van der Waals surface area contributed by atoms with Crippen molar-refractivity contribution < 1.29 is 4.79 Å². The number of likely N-dealkylation sites (tertiary alicyclic amines) is 1. The molecule has 2 aliphatic heterocycles. The summed E-state index contributed by atoms with van der Waals surface area (Å²) in [5.41, 5.74) is 3.00. The number of pyridine rings is 3. The van der Waals surface area contributed by atoms with Crippen molar-refractivity contribution in [2.75, 3.05) is 27.2 Å². The van der Waals surface area contributed by atoms with Gasteiger partial charge in [-0.15, -0.1) is 0 Å². The van der Waals surface area contributed by atoms with E-state index in [1.807, 2.05) is 52.7 Å². The smallest absolute Gasteiger partial charge is 0.272 e. The quantitative estimate of drug-likeness (QED) is 0.670. The van der Waals surface area contributed by atoms with Crippen LogP contribution in [0.5, 0.6) is 0 Å². The van der Waals surface area contributed by atoms with Crippen LogP contribution in [0.2, 0.25) is 0 Å². The number of rotatable bonds is 3. The zero-order valence-electron chi connectivity index (χ0n) is 17.3. The minimum absolute atomic E-state index is 0.0581. The van der Waals surface area contributed by atoms with Gasteiger partial charge in [0.2, 0.25) is 0 Å². The Balaban J connectivity index is 1.42. The van der Waals surface area contributed by atoms with Crippen molar-refractivity contribution in [3.05, 3.63) is 69.9 Å². The summed E-state index contributed by atoms with van der Waals surface area (Å²) < 4.78 is 1.94. The second-order valence-electron chi connectivity index (χ2n) is 8.69. The molecule has 1 saturated heterocycles. The molecule has 5 heterocycles. The summed E-state index contributed by atoms with van der Waals surface area (Å²) in [7, 11) is 3.94. The molecule has 5 rings (SSSR count). The predicted molar refractivity (Wildman–Crippen MR) is 114 cm³/mol. The van der Waals surface area contributed by atoms with Crippen LogP contribution in [0.3, 0.4) is 0 Å². The van der Waals surface area contributed by atoms with Crippen LogP contribution in [-0.4, -0.2) is 57.4 Å². The molecule has 2 atom stereocenters. The van der Waals surface area contributed by atoms with Gasteiger partial charge in [-0.2, -0.15) is 0 Å². The molecule has 0 saturated carbocycles. The van der Waals surface area contributed by atoms with E-state index in [1.54, 1.807) is 12.3 Å². The van der Waals surface area contributed by atoms with Gasteiger partial charge < -0.3 is 14.4 Å². The summed E-state index contributed by atoms with van der Waals surface area (Å²) in [5, 5.41) is 0.923. The number of carbonyl (C=O) groups is 1. The van der Waals surface area contributed by atoms with Gasteiger partial charge in [-0.05, 0) is 56.8 Å². The molecule has 1 fully saturated rings. The van der Waals surface area contributed by atoms with E-state index in [0.717, 1.165) is 23.1 Å². The fourth-order valence-corrected chi connectivity index (χ4v) is 4.85. The molecular weight excluding hydrogens is 378 g/mol. The van der Waals surface area contributed by atoms with E-state index in [-0.39, 0.29) is 23.3 Å². The maximum atomic E-state index is 13.2. The number of hydrogen-bond donors (Lipinski definition) is 0. The highest BCUT2D eigenvalue weighted by Gasteiger charge is 2.37. The Labute approximate surface area is 175 Å². The Morgan fingerprint density at radius 1 is 1.13 bits per heavy atom. The van der Waals surface area contributed by atoms with Crippen molar-refractivity contribution in [1.82, 2.24) is 24.3 Å². The number of aromatic nitrogens is 3. The minimum Gasteiger partial charge on any atom is -0.336 e. The average Bonchev–Trinajstić information content (AvgIpc) is 2.75. The summed E-state index contributed by atoms with van der Waals surface area (Å²) >= 11 is 0. The first-order valence-corrected chi connectivity index (χ1v) is 10.4. The van der Waals surface area contributed by atoms with Gasteiger partial charge in [0.15, 0.2) is 5.65 Å². The Kier molecular flexibility index (Phi) is 4.62. The van der Waals surface area contributed by atoms with E-state index in [1.165, 1.54) is 0 Å². The van der Waals surface area contributed by atoms with Gasteiger partial charge in [0.25, 0.3) is 11.5 Å². The van der Waals surface area contributed by atoms with E-state index < -0.39 is 0 Å². The number of carbonyl (C=O) groups excluding carboxylic acids is 1. The lowest BCUT2D eigenvalue weighted by Crippen LogP contribution is -2.49. The molecule has 0 radical (unpaired) electrons. The minimum atomic E-state index is -0.0581. The molecule has 7 nitrogen and oxygen atoms in total. The number of piperidine rings is 1. The van der Waals surface area contributed by atoms with Gasteiger partial charge in [-0.1, -0.05) is 6.07 Å². The first kappa shape index (κ1) is 18.9. The third kappa shape index (κ3) is 3.29. The molecule has 1 amide bonds. The van der Waals surface area contributed by atoms with Crippen molar-refractivity contribution in [3.8, 4) is 0 Å². The van der Waals surface area contributed by atoms with E-state index in [9.17, 15) is 9.59 Å². The summed E-state index contributed by atoms with van der Waals surface area (Å²) in [4.78, 5) is 38.8. The molecule has 0 N–H and O–H groups in total. The second-order valence-corrected chi connectivity index (χ2v) is 8.69. The molecule has 0 aromatic carbocycles. The maximum absolute atomic E-state index is 13.2. The topological polar surface area (TPSA) is 71.3 Å². The van der Waals surface area contributed by atoms with Crippen LogP contribution in [0.25, 0.3) is 11.0 Å². The normalized spacial score (nSPS) is 20.4. The monoisotopic (exact) mass is 403 g/mol. The van der Waals surface area contributed by atoms with Gasteiger partial charge >= 0.3 is 0 Å². The van der Waals surface area contributed by atoms with Gasteiger partial charge in [0.05, 0.1) is 0 Å². The highest BCUT2D eigenvalue weighted by atomic mass is 16.2. The summed E-state index contributed by atoms with van der Waals surface area (Å²) in [5.74, 6) is 0.407. The molecule has 0 aliphatic carbocycles. The lowest BCUT2D eigenvalue weighted by molar-refractivity contribution is 0.0588. The number of nitrogens with zero attached hydrogens (tertiary/aromatic N) is 5. The van der Waals surface area contributed by atoms with Crippen molar-refractivity contribution >= 4 is 16.9 Å². The second kappa shape index (κ2) is 7.32. The average molecular weight is 403 g/mol. The zero-order chi connectivity index (χ0) is 20.8. The van der Waals surface area contributed by atoms with Crippen LogP contribution in [0.15, 0.2) is 47.4 Å². The fourth-order valence-electron chi connectivity index (χ4n) is 4.85. The van der Waals surface area contributed by atoms with Crippen LogP contribution >= 0.6 is 0 Å². The Morgan fingerprint density at radius 3 is 2.83 bits per heavy atom. The molecule has 0 spiro atoms. The third-order valence-corrected chi connectivity index (χ3v) is 6.14. The van der Waals surface area contributed by atoms with Crippen LogP contribution < -0.4 is 5.56 Å². The fraction of sp³-hybridized carbons (Fsp3) is 0.391. The van der Waals surface area contributed by atoms with Crippen LogP contribution in [-0.2, 0) is 13.1 Å². The lowest BCUT2D eigenvalue weighted by Gasteiger charge is -2.42. The standard InChI is InChI=1S/C23H25N5O2/c1-26(2)13-17-6-8-20-18-10-15(12-28(20)22(17)29)11-27(14-18)23(30)19-7-5-16-4-3-9-24-21(16)25-19/h3-9,15,18H,10-14H2,1-2H3/t15-,18+/m0/s1. The van der Waals surface area contributed by atoms with Crippen LogP contribution in [0.4, 0.5) is 0 Å². The van der Waals surface area contributed by atoms with E-state index in [2.05, 4.69) is 16.0 Å². The highest BCUT2D eigenvalue weighted by Crippen LogP contribution is 2.35. The molecule has 0 unspecified atom stereocenters. The first-order valence-electron chi connectivity index (χ1n) is 10.4. The lowest BCUT2D eigenvalue weighted by atomic mass is 9.83. The largest absolute Gasteiger partial charge is 0.336 e. The van der Waals surface area contributed by atoms with Crippen LogP contribution in [0, 0.1) is 5.92 Å². The summed E-state index contributed by atoms with van der Waals surface area (Å²) in [6.45, 7) is 2.58. The molecule has 30 heavy (non-hydrogen) atoms. The number of amides is 1.